The van der Waals surface area contributed by atoms with Crippen molar-refractivity contribution in [2.45, 2.75) is 63.5 Å². The molecular weight excluding hydrogens is 358 g/mol. The fraction of sp³-hybridized carbons (Fsp3) is 0.545. The van der Waals surface area contributed by atoms with Gasteiger partial charge in [0.15, 0.2) is 0 Å². The summed E-state index contributed by atoms with van der Waals surface area (Å²) in [6.07, 6.45) is 14.6. The van der Waals surface area contributed by atoms with Crippen LogP contribution in [-0.2, 0) is 6.54 Å². The van der Waals surface area contributed by atoms with E-state index in [0.29, 0.717) is 12.5 Å². The molecule has 2 saturated carbocycles. The second-order valence-corrected chi connectivity index (χ2v) is 8.61. The van der Waals surface area contributed by atoms with Crippen molar-refractivity contribution in [3.8, 4) is 0 Å². The highest BCUT2D eigenvalue weighted by molar-refractivity contribution is 6.30. The monoisotopic (exact) mass is 385 g/mol. The molecule has 27 heavy (non-hydrogen) atoms. The van der Waals surface area contributed by atoms with Gasteiger partial charge in [-0.15, -0.1) is 0 Å². The van der Waals surface area contributed by atoms with Gasteiger partial charge in [-0.25, -0.2) is 4.98 Å². The maximum absolute atomic E-state index is 11.6. The van der Waals surface area contributed by atoms with Gasteiger partial charge in [0.2, 0.25) is 0 Å². The molecule has 4 nitrogen and oxygen atoms in total. The van der Waals surface area contributed by atoms with E-state index < -0.39 is 5.60 Å². The van der Waals surface area contributed by atoms with E-state index >= 15 is 0 Å². The summed E-state index contributed by atoms with van der Waals surface area (Å²) in [5.41, 5.74) is 2.00. The normalized spacial score (nSPS) is 30.5. The van der Waals surface area contributed by atoms with Crippen molar-refractivity contribution >= 4 is 17.7 Å². The third-order valence-electron chi connectivity index (χ3n) is 6.38. The average molecular weight is 386 g/mol. The summed E-state index contributed by atoms with van der Waals surface area (Å²) in [7, 11) is 0. The van der Waals surface area contributed by atoms with Crippen molar-refractivity contribution < 1.29 is 5.11 Å². The summed E-state index contributed by atoms with van der Waals surface area (Å²) in [5, 5.41) is 16.7. The largest absolute Gasteiger partial charge is 0.388 e. The van der Waals surface area contributed by atoms with E-state index in [9.17, 15) is 5.11 Å². The van der Waals surface area contributed by atoms with Gasteiger partial charge in [-0.05, 0) is 61.6 Å². The molecule has 3 atom stereocenters. The lowest BCUT2D eigenvalue weighted by Gasteiger charge is -2.46. The van der Waals surface area contributed by atoms with Gasteiger partial charge in [0.25, 0.3) is 0 Å². The van der Waals surface area contributed by atoms with E-state index in [4.69, 9.17) is 11.6 Å². The SMILES string of the molecule is OC1(Cn2cncn2)CCCCC1C1CCCCC1=Cc1ccc(Cl)cc1. The van der Waals surface area contributed by atoms with Crippen molar-refractivity contribution in [1.82, 2.24) is 14.8 Å². The summed E-state index contributed by atoms with van der Waals surface area (Å²) < 4.78 is 1.80. The fourth-order valence-corrected chi connectivity index (χ4v) is 5.22. The maximum atomic E-state index is 11.6. The summed E-state index contributed by atoms with van der Waals surface area (Å²) in [5.74, 6) is 0.734. The third-order valence-corrected chi connectivity index (χ3v) is 6.63. The zero-order valence-corrected chi connectivity index (χ0v) is 16.5. The van der Waals surface area contributed by atoms with Gasteiger partial charge >= 0.3 is 0 Å². The molecule has 2 aromatic rings. The Labute approximate surface area is 166 Å². The zero-order chi connectivity index (χ0) is 18.7. The zero-order valence-electron chi connectivity index (χ0n) is 15.7. The lowest BCUT2D eigenvalue weighted by atomic mass is 9.63. The van der Waals surface area contributed by atoms with Crippen molar-refractivity contribution in [1.29, 1.82) is 0 Å². The first-order chi connectivity index (χ1) is 13.1. The Hall–Kier alpha value is -1.65. The van der Waals surface area contributed by atoms with E-state index in [2.05, 4.69) is 28.3 Å². The van der Waals surface area contributed by atoms with Crippen molar-refractivity contribution in [2.75, 3.05) is 0 Å². The molecule has 0 amide bonds. The maximum Gasteiger partial charge on any atom is 0.137 e. The Morgan fingerprint density at radius 2 is 1.96 bits per heavy atom. The molecule has 0 radical (unpaired) electrons. The van der Waals surface area contributed by atoms with Gasteiger partial charge in [-0.3, -0.25) is 4.68 Å². The molecule has 4 rings (SSSR count). The first-order valence-corrected chi connectivity index (χ1v) is 10.5. The van der Waals surface area contributed by atoms with Crippen LogP contribution >= 0.6 is 11.6 Å². The molecule has 1 heterocycles. The first kappa shape index (κ1) is 18.7. The molecule has 1 aromatic heterocycles. The Kier molecular flexibility index (Phi) is 5.65. The fourth-order valence-electron chi connectivity index (χ4n) is 5.09. The molecule has 0 bridgehead atoms. The number of aliphatic hydroxyl groups is 1. The molecule has 144 valence electrons. The number of nitrogens with zero attached hydrogens (tertiary/aromatic N) is 3. The predicted molar refractivity (Wildman–Crippen MR) is 108 cm³/mol. The van der Waals surface area contributed by atoms with Crippen LogP contribution < -0.4 is 0 Å². The highest BCUT2D eigenvalue weighted by atomic mass is 35.5. The molecule has 1 N–H and O–H groups in total. The van der Waals surface area contributed by atoms with E-state index in [0.717, 1.165) is 30.7 Å². The molecule has 2 aliphatic rings. The van der Waals surface area contributed by atoms with Gasteiger partial charge in [0, 0.05) is 5.02 Å². The minimum Gasteiger partial charge on any atom is -0.388 e. The topological polar surface area (TPSA) is 50.9 Å². The third kappa shape index (κ3) is 4.27. The van der Waals surface area contributed by atoms with Crippen LogP contribution in [0.25, 0.3) is 6.08 Å². The van der Waals surface area contributed by atoms with Crippen LogP contribution in [-0.4, -0.2) is 25.5 Å². The first-order valence-electron chi connectivity index (χ1n) is 10.1. The molecule has 5 heteroatoms. The molecule has 0 saturated heterocycles. The number of allylic oxidation sites excluding steroid dienone is 1. The van der Waals surface area contributed by atoms with Gasteiger partial charge < -0.3 is 5.11 Å². The molecule has 2 aliphatic carbocycles. The Balaban J connectivity index is 1.61. The number of halogens is 1. The number of hydrogen-bond donors (Lipinski definition) is 1. The molecule has 1 aromatic carbocycles. The van der Waals surface area contributed by atoms with Gasteiger partial charge in [-0.1, -0.05) is 54.6 Å². The van der Waals surface area contributed by atoms with Crippen LogP contribution in [0.1, 0.15) is 56.9 Å². The standard InChI is InChI=1S/C22H28ClN3O/c23-19-10-8-17(9-11-19)13-18-5-1-2-6-20(18)21-7-3-4-12-22(21,27)14-26-16-24-15-25-26/h8-11,13,15-16,20-21,27H,1-7,12,14H2. The summed E-state index contributed by atoms with van der Waals surface area (Å²) in [6.45, 7) is 0.544. The van der Waals surface area contributed by atoms with Crippen LogP contribution in [0.3, 0.4) is 0 Å². The lowest BCUT2D eigenvalue weighted by Crippen LogP contribution is -2.48. The number of benzene rings is 1. The second kappa shape index (κ2) is 8.15. The van der Waals surface area contributed by atoms with E-state index in [-0.39, 0.29) is 5.92 Å². The molecule has 2 fully saturated rings. The molecule has 0 aliphatic heterocycles. The van der Waals surface area contributed by atoms with Crippen LogP contribution in [0.2, 0.25) is 5.02 Å². The Morgan fingerprint density at radius 3 is 2.74 bits per heavy atom. The van der Waals surface area contributed by atoms with Crippen molar-refractivity contribution in [3.05, 3.63) is 53.1 Å². The van der Waals surface area contributed by atoms with E-state index in [1.165, 1.54) is 36.8 Å². The van der Waals surface area contributed by atoms with E-state index in [1.807, 2.05) is 12.1 Å². The number of rotatable bonds is 4. The minimum absolute atomic E-state index is 0.286. The molecule has 0 spiro atoms. The summed E-state index contributed by atoms with van der Waals surface area (Å²) in [4.78, 5) is 4.05. The number of aromatic nitrogens is 3. The highest BCUT2D eigenvalue weighted by Crippen LogP contribution is 2.47. The van der Waals surface area contributed by atoms with Crippen LogP contribution in [0.4, 0.5) is 0 Å². The van der Waals surface area contributed by atoms with Crippen LogP contribution in [0, 0.1) is 11.8 Å². The van der Waals surface area contributed by atoms with Gasteiger partial charge in [0.1, 0.15) is 12.7 Å². The van der Waals surface area contributed by atoms with Gasteiger partial charge in [0.05, 0.1) is 12.1 Å². The van der Waals surface area contributed by atoms with Crippen molar-refractivity contribution in [2.24, 2.45) is 11.8 Å². The Morgan fingerprint density at radius 1 is 1.15 bits per heavy atom. The van der Waals surface area contributed by atoms with Crippen LogP contribution in [0.15, 0.2) is 42.5 Å². The lowest BCUT2D eigenvalue weighted by molar-refractivity contribution is -0.0828. The summed E-state index contributed by atoms with van der Waals surface area (Å²) in [6, 6.07) is 8.08. The minimum atomic E-state index is -0.701. The second-order valence-electron chi connectivity index (χ2n) is 8.17. The van der Waals surface area contributed by atoms with Gasteiger partial charge in [-0.2, -0.15) is 5.10 Å². The number of hydrogen-bond acceptors (Lipinski definition) is 3. The van der Waals surface area contributed by atoms with E-state index in [1.54, 1.807) is 17.3 Å². The Bertz CT molecular complexity index is 771. The molecular formula is C22H28ClN3O. The van der Waals surface area contributed by atoms with Crippen LogP contribution in [0.5, 0.6) is 0 Å². The summed E-state index contributed by atoms with van der Waals surface area (Å²) >= 11 is 6.04. The average Bonchev–Trinajstić information content (AvgIpc) is 3.17. The van der Waals surface area contributed by atoms with Crippen molar-refractivity contribution in [3.63, 3.8) is 0 Å². The quantitative estimate of drug-likeness (QED) is 0.793. The predicted octanol–water partition coefficient (Wildman–Crippen LogP) is 5.13. The molecule has 3 unspecified atom stereocenters. The smallest absolute Gasteiger partial charge is 0.137 e. The highest BCUT2D eigenvalue weighted by Gasteiger charge is 2.44.